The molecule has 1 aliphatic rings. The molecule has 1 aliphatic heterocycles. The molecule has 26 heavy (non-hydrogen) atoms. The molecule has 0 saturated heterocycles. The lowest BCUT2D eigenvalue weighted by Crippen LogP contribution is -2.31. The third kappa shape index (κ3) is 2.10. The monoisotopic (exact) mass is 341 g/mol. The summed E-state index contributed by atoms with van der Waals surface area (Å²) in [4.78, 5) is 29.6. The number of rotatable bonds is 1. The lowest BCUT2D eigenvalue weighted by Gasteiger charge is -2.29. The predicted molar refractivity (Wildman–Crippen MR) is 102 cm³/mol. The van der Waals surface area contributed by atoms with Crippen molar-refractivity contribution in [3.63, 3.8) is 0 Å². The molecule has 0 saturated carbocycles. The fourth-order valence-electron chi connectivity index (χ4n) is 3.84. The molecule has 0 bridgehead atoms. The molecule has 0 amide bonds. The molecule has 5 rings (SSSR count). The number of nitrogens with one attached hydrogen (secondary N) is 3. The number of hydrogen-bond acceptors (Lipinski definition) is 3. The van der Waals surface area contributed by atoms with Gasteiger partial charge in [-0.1, -0.05) is 60.7 Å². The Morgan fingerprint density at radius 1 is 0.731 bits per heavy atom. The third-order valence-electron chi connectivity index (χ3n) is 4.92. The van der Waals surface area contributed by atoms with Crippen LogP contribution in [0.4, 0.5) is 11.5 Å². The number of anilines is 2. The Kier molecular flexibility index (Phi) is 3.09. The zero-order valence-corrected chi connectivity index (χ0v) is 13.7. The smallest absolute Gasteiger partial charge is 0.327 e. The van der Waals surface area contributed by atoms with Gasteiger partial charge in [0.2, 0.25) is 0 Å². The van der Waals surface area contributed by atoms with E-state index in [0.29, 0.717) is 11.4 Å². The summed E-state index contributed by atoms with van der Waals surface area (Å²) in [5.41, 5.74) is 2.58. The molecular formula is C21H15N3O2. The second-order valence-electron chi connectivity index (χ2n) is 6.41. The van der Waals surface area contributed by atoms with Crippen molar-refractivity contribution in [1.82, 2.24) is 9.97 Å². The van der Waals surface area contributed by atoms with E-state index in [-0.39, 0.29) is 11.5 Å². The van der Waals surface area contributed by atoms with Crippen LogP contribution in [0, 0.1) is 0 Å². The SMILES string of the molecule is O=c1[nH]c2c(c(=O)[nH]1)[C@H](c1ccccc1)c1c(ccc3ccccc13)N2. The Morgan fingerprint density at radius 3 is 2.35 bits per heavy atom. The third-order valence-corrected chi connectivity index (χ3v) is 4.92. The maximum atomic E-state index is 12.7. The largest absolute Gasteiger partial charge is 0.341 e. The van der Waals surface area contributed by atoms with Gasteiger partial charge < -0.3 is 5.32 Å². The summed E-state index contributed by atoms with van der Waals surface area (Å²) in [7, 11) is 0. The van der Waals surface area contributed by atoms with Gasteiger partial charge in [-0.15, -0.1) is 0 Å². The minimum atomic E-state index is -0.516. The Labute approximate surface area is 148 Å². The first-order valence-electron chi connectivity index (χ1n) is 8.42. The van der Waals surface area contributed by atoms with Crippen molar-refractivity contribution in [3.05, 3.63) is 104 Å². The van der Waals surface area contributed by atoms with Crippen LogP contribution >= 0.6 is 0 Å². The molecule has 1 atom stereocenters. The Hall–Kier alpha value is -3.60. The summed E-state index contributed by atoms with van der Waals surface area (Å²) in [6, 6.07) is 22.1. The maximum Gasteiger partial charge on any atom is 0.327 e. The van der Waals surface area contributed by atoms with Crippen molar-refractivity contribution in [1.29, 1.82) is 0 Å². The van der Waals surface area contributed by atoms with Crippen LogP contribution in [-0.4, -0.2) is 9.97 Å². The van der Waals surface area contributed by atoms with E-state index in [2.05, 4.69) is 27.4 Å². The molecular weight excluding hydrogens is 326 g/mol. The normalized spacial score (nSPS) is 15.2. The zero-order chi connectivity index (χ0) is 17.7. The highest BCUT2D eigenvalue weighted by molar-refractivity contribution is 5.94. The van der Waals surface area contributed by atoms with Crippen molar-refractivity contribution in [2.24, 2.45) is 0 Å². The van der Waals surface area contributed by atoms with Gasteiger partial charge in [-0.2, -0.15) is 0 Å². The summed E-state index contributed by atoms with van der Waals surface area (Å²) in [6.07, 6.45) is 0. The van der Waals surface area contributed by atoms with Gasteiger partial charge in [0.25, 0.3) is 5.56 Å². The van der Waals surface area contributed by atoms with Gasteiger partial charge in [0.05, 0.1) is 5.56 Å². The number of fused-ring (bicyclic) bond motifs is 4. The van der Waals surface area contributed by atoms with Crippen LogP contribution in [0.1, 0.15) is 22.6 Å². The number of hydrogen-bond donors (Lipinski definition) is 3. The van der Waals surface area contributed by atoms with Crippen molar-refractivity contribution in [3.8, 4) is 0 Å². The van der Waals surface area contributed by atoms with E-state index >= 15 is 0 Å². The fourth-order valence-corrected chi connectivity index (χ4v) is 3.84. The van der Waals surface area contributed by atoms with E-state index < -0.39 is 5.69 Å². The van der Waals surface area contributed by atoms with E-state index in [1.807, 2.05) is 54.6 Å². The molecule has 5 heteroatoms. The number of aromatic amines is 2. The number of H-pyrrole nitrogens is 2. The molecule has 5 nitrogen and oxygen atoms in total. The highest BCUT2D eigenvalue weighted by Gasteiger charge is 2.31. The second-order valence-corrected chi connectivity index (χ2v) is 6.41. The standard InChI is InChI=1S/C21H15N3O2/c25-20-18-16(13-7-2-1-3-8-13)17-14-9-5-4-6-12(14)10-11-15(17)22-19(18)23-21(26)24-20/h1-11,16H,(H3,22,23,24,25,26)/t16-/m1/s1. The van der Waals surface area contributed by atoms with E-state index in [0.717, 1.165) is 27.6 Å². The minimum Gasteiger partial charge on any atom is -0.341 e. The zero-order valence-electron chi connectivity index (χ0n) is 13.7. The first kappa shape index (κ1) is 14.7. The van der Waals surface area contributed by atoms with Gasteiger partial charge >= 0.3 is 5.69 Å². The summed E-state index contributed by atoms with van der Waals surface area (Å²) in [5.74, 6) is 0.185. The van der Waals surface area contributed by atoms with Gasteiger partial charge in [0.15, 0.2) is 0 Å². The van der Waals surface area contributed by atoms with Crippen LogP contribution in [0.15, 0.2) is 76.3 Å². The molecule has 0 unspecified atom stereocenters. The average Bonchev–Trinajstić information content (AvgIpc) is 2.66. The summed E-state index contributed by atoms with van der Waals surface area (Å²) in [5, 5.41) is 5.43. The molecule has 126 valence electrons. The molecule has 3 N–H and O–H groups in total. The molecule has 0 aliphatic carbocycles. The second kappa shape index (κ2) is 5.46. The van der Waals surface area contributed by atoms with Gasteiger partial charge in [-0.05, 0) is 28.0 Å². The molecule has 0 radical (unpaired) electrons. The predicted octanol–water partition coefficient (Wildman–Crippen LogP) is 3.45. The van der Waals surface area contributed by atoms with Gasteiger partial charge in [-0.3, -0.25) is 14.8 Å². The van der Waals surface area contributed by atoms with Crippen molar-refractivity contribution < 1.29 is 0 Å². The first-order chi connectivity index (χ1) is 12.7. The van der Waals surface area contributed by atoms with Gasteiger partial charge in [0, 0.05) is 11.6 Å². The van der Waals surface area contributed by atoms with E-state index in [4.69, 9.17) is 0 Å². The highest BCUT2D eigenvalue weighted by atomic mass is 16.2. The summed E-state index contributed by atoms with van der Waals surface area (Å²) in [6.45, 7) is 0. The van der Waals surface area contributed by atoms with E-state index in [1.54, 1.807) is 0 Å². The van der Waals surface area contributed by atoms with Crippen molar-refractivity contribution in [2.45, 2.75) is 5.92 Å². The van der Waals surface area contributed by atoms with Crippen molar-refractivity contribution in [2.75, 3.05) is 5.32 Å². The van der Waals surface area contributed by atoms with E-state index in [1.165, 1.54) is 0 Å². The number of benzene rings is 3. The highest BCUT2D eigenvalue weighted by Crippen LogP contribution is 2.45. The number of aromatic nitrogens is 2. The lowest BCUT2D eigenvalue weighted by atomic mass is 9.80. The van der Waals surface area contributed by atoms with Gasteiger partial charge in [-0.25, -0.2) is 4.79 Å². The van der Waals surface area contributed by atoms with Crippen LogP contribution in [0.3, 0.4) is 0 Å². The van der Waals surface area contributed by atoms with Crippen LogP contribution < -0.4 is 16.6 Å². The molecule has 0 fully saturated rings. The molecule has 0 spiro atoms. The summed E-state index contributed by atoms with van der Waals surface area (Å²) < 4.78 is 0. The minimum absolute atomic E-state index is 0.269. The maximum absolute atomic E-state index is 12.7. The summed E-state index contributed by atoms with van der Waals surface area (Å²) >= 11 is 0. The van der Waals surface area contributed by atoms with Crippen LogP contribution in [-0.2, 0) is 0 Å². The van der Waals surface area contributed by atoms with Crippen LogP contribution in [0.5, 0.6) is 0 Å². The fraction of sp³-hybridized carbons (Fsp3) is 0.0476. The van der Waals surface area contributed by atoms with Crippen molar-refractivity contribution >= 4 is 22.3 Å². The van der Waals surface area contributed by atoms with Gasteiger partial charge in [0.1, 0.15) is 5.82 Å². The quantitative estimate of drug-likeness (QED) is 0.437. The molecule has 4 aromatic rings. The van der Waals surface area contributed by atoms with E-state index in [9.17, 15) is 9.59 Å². The lowest BCUT2D eigenvalue weighted by molar-refractivity contribution is 0.893. The molecule has 3 aromatic carbocycles. The van der Waals surface area contributed by atoms with Crippen LogP contribution in [0.25, 0.3) is 10.8 Å². The van der Waals surface area contributed by atoms with Crippen LogP contribution in [0.2, 0.25) is 0 Å². The topological polar surface area (TPSA) is 77.8 Å². The Bertz CT molecular complexity index is 1260. The average molecular weight is 341 g/mol. The first-order valence-corrected chi connectivity index (χ1v) is 8.42. The Balaban J connectivity index is 1.92. The molecule has 1 aromatic heterocycles. The molecule has 2 heterocycles. The Morgan fingerprint density at radius 2 is 1.50 bits per heavy atom.